The molecular formula is C54H36N4O. The normalized spacial score (nSPS) is 12.0. The molecule has 0 saturated carbocycles. The lowest BCUT2D eigenvalue weighted by molar-refractivity contribution is 0.604. The molecule has 0 saturated heterocycles. The zero-order valence-electron chi connectivity index (χ0n) is 32.3. The van der Waals surface area contributed by atoms with E-state index >= 15 is 0 Å². The van der Waals surface area contributed by atoms with Crippen molar-refractivity contribution in [3.05, 3.63) is 206 Å². The van der Waals surface area contributed by atoms with E-state index in [0.29, 0.717) is 23.2 Å². The topological polar surface area (TPSA) is 56.7 Å². The first-order valence-corrected chi connectivity index (χ1v) is 19.8. The van der Waals surface area contributed by atoms with Crippen LogP contribution in [-0.2, 0) is 0 Å². The molecule has 0 N–H and O–H groups in total. The van der Waals surface area contributed by atoms with Gasteiger partial charge in [-0.3, -0.25) is 0 Å². The third-order valence-electron chi connectivity index (χ3n) is 11.3. The molecule has 0 atom stereocenters. The second kappa shape index (κ2) is 13.9. The number of furan rings is 1. The van der Waals surface area contributed by atoms with Gasteiger partial charge in [-0.15, -0.1) is 0 Å². The van der Waals surface area contributed by atoms with Crippen molar-refractivity contribution in [3.63, 3.8) is 0 Å². The predicted molar refractivity (Wildman–Crippen MR) is 245 cm³/mol. The Morgan fingerprint density at radius 1 is 0.525 bits per heavy atom. The third kappa shape index (κ3) is 5.74. The number of para-hydroxylation sites is 1. The minimum absolute atomic E-state index is 0.547. The van der Waals surface area contributed by atoms with E-state index in [0.717, 1.165) is 71.9 Å². The van der Waals surface area contributed by atoms with E-state index < -0.39 is 0 Å². The Bertz CT molecular complexity index is 3470. The van der Waals surface area contributed by atoms with Crippen molar-refractivity contribution in [2.45, 2.75) is 6.92 Å². The summed E-state index contributed by atoms with van der Waals surface area (Å²) in [4.78, 5) is 15.5. The number of nitrogens with zero attached hydrogens (tertiary/aromatic N) is 4. The highest BCUT2D eigenvalue weighted by atomic mass is 16.3. The Balaban J connectivity index is 1.20. The molecule has 8 aromatic carbocycles. The molecule has 0 radical (unpaired) electrons. The summed E-state index contributed by atoms with van der Waals surface area (Å²) in [7, 11) is 0. The van der Waals surface area contributed by atoms with Crippen molar-refractivity contribution < 1.29 is 4.42 Å². The summed E-state index contributed by atoms with van der Waals surface area (Å²) in [5.41, 5.74) is 9.58. The Labute approximate surface area is 340 Å². The summed E-state index contributed by atoms with van der Waals surface area (Å²) < 4.78 is 9.27. The van der Waals surface area contributed by atoms with Crippen LogP contribution in [0.1, 0.15) is 24.1 Å². The second-order valence-corrected chi connectivity index (χ2v) is 14.8. The number of fused-ring (bicyclic) bond motifs is 6. The lowest BCUT2D eigenvalue weighted by atomic mass is 9.96. The predicted octanol–water partition coefficient (Wildman–Crippen LogP) is 14.1. The molecule has 0 unspecified atom stereocenters. The van der Waals surface area contributed by atoms with E-state index in [2.05, 4.69) is 157 Å². The van der Waals surface area contributed by atoms with Gasteiger partial charge in [-0.2, -0.15) is 0 Å². The summed E-state index contributed by atoms with van der Waals surface area (Å²) >= 11 is 0. The summed E-state index contributed by atoms with van der Waals surface area (Å²) in [6.07, 6.45) is 3.87. The molecule has 0 amide bonds. The summed E-state index contributed by atoms with van der Waals surface area (Å²) in [5, 5.41) is 8.01. The van der Waals surface area contributed by atoms with Crippen molar-refractivity contribution in [3.8, 4) is 39.6 Å². The molecule has 0 aliphatic carbocycles. The van der Waals surface area contributed by atoms with Crippen LogP contribution < -0.4 is 0 Å². The van der Waals surface area contributed by atoms with Crippen LogP contribution in [0.25, 0.3) is 106 Å². The lowest BCUT2D eigenvalue weighted by Gasteiger charge is -2.14. The highest BCUT2D eigenvalue weighted by Crippen LogP contribution is 2.43. The molecule has 0 spiro atoms. The van der Waals surface area contributed by atoms with E-state index in [1.54, 1.807) is 6.08 Å². The van der Waals surface area contributed by atoms with Crippen molar-refractivity contribution >= 4 is 66.0 Å². The number of aromatic nitrogens is 4. The van der Waals surface area contributed by atoms with Crippen LogP contribution in [0.2, 0.25) is 0 Å². The molecule has 0 aliphatic rings. The molecule has 5 heteroatoms. The van der Waals surface area contributed by atoms with E-state index in [1.807, 2.05) is 43.3 Å². The van der Waals surface area contributed by atoms with Gasteiger partial charge in [0, 0.05) is 49.7 Å². The van der Waals surface area contributed by atoms with Gasteiger partial charge in [0.2, 0.25) is 0 Å². The Hall–Kier alpha value is -7.89. The van der Waals surface area contributed by atoms with Crippen molar-refractivity contribution in [2.75, 3.05) is 0 Å². The van der Waals surface area contributed by atoms with Gasteiger partial charge in [-0.05, 0) is 76.5 Å². The van der Waals surface area contributed by atoms with Crippen LogP contribution in [0, 0.1) is 0 Å². The fourth-order valence-electron chi connectivity index (χ4n) is 8.57. The van der Waals surface area contributed by atoms with E-state index in [1.165, 1.54) is 21.5 Å². The first kappa shape index (κ1) is 34.4. The fourth-order valence-corrected chi connectivity index (χ4v) is 8.57. The smallest absolute Gasteiger partial charge is 0.164 e. The zero-order valence-corrected chi connectivity index (χ0v) is 32.3. The van der Waals surface area contributed by atoms with Gasteiger partial charge in [0.25, 0.3) is 0 Å². The SMILES string of the molecule is C=Cc1oc2c(-c3ccccc3)cc(-n3c4ccccc4c4cc5ccccc5cc43)cc2c1/C(=C\C)c1nc(-c2ccccc2)nc(-c2ccc3ccccc3c2)n1. The van der Waals surface area contributed by atoms with Gasteiger partial charge in [-0.1, -0.05) is 152 Å². The maximum absolute atomic E-state index is 6.88. The minimum atomic E-state index is 0.547. The highest BCUT2D eigenvalue weighted by molar-refractivity contribution is 6.14. The van der Waals surface area contributed by atoms with Crippen molar-refractivity contribution in [1.82, 2.24) is 19.5 Å². The monoisotopic (exact) mass is 756 g/mol. The van der Waals surface area contributed by atoms with Gasteiger partial charge in [0.05, 0.1) is 11.0 Å². The maximum atomic E-state index is 6.88. The first-order valence-electron chi connectivity index (χ1n) is 19.8. The first-order chi connectivity index (χ1) is 29.1. The molecule has 0 aliphatic heterocycles. The van der Waals surface area contributed by atoms with Crippen LogP contribution in [0.15, 0.2) is 193 Å². The molecule has 59 heavy (non-hydrogen) atoms. The third-order valence-corrected chi connectivity index (χ3v) is 11.3. The maximum Gasteiger partial charge on any atom is 0.164 e. The van der Waals surface area contributed by atoms with Gasteiger partial charge in [0.1, 0.15) is 11.3 Å². The summed E-state index contributed by atoms with van der Waals surface area (Å²) in [6.45, 7) is 6.29. The average Bonchev–Trinajstić information content (AvgIpc) is 3.83. The Kier molecular flexibility index (Phi) is 8.12. The number of hydrogen-bond acceptors (Lipinski definition) is 4. The highest BCUT2D eigenvalue weighted by Gasteiger charge is 2.25. The summed E-state index contributed by atoms with van der Waals surface area (Å²) in [6, 6.07) is 61.6. The van der Waals surface area contributed by atoms with E-state index in [-0.39, 0.29) is 0 Å². The molecule has 3 heterocycles. The molecule has 0 bridgehead atoms. The molecule has 0 fully saturated rings. The largest absolute Gasteiger partial charge is 0.455 e. The second-order valence-electron chi connectivity index (χ2n) is 14.8. The molecular weight excluding hydrogens is 721 g/mol. The lowest BCUT2D eigenvalue weighted by Crippen LogP contribution is -2.04. The van der Waals surface area contributed by atoms with Crippen LogP contribution >= 0.6 is 0 Å². The van der Waals surface area contributed by atoms with Crippen LogP contribution in [0.4, 0.5) is 0 Å². The molecule has 278 valence electrons. The van der Waals surface area contributed by atoms with Gasteiger partial charge in [0.15, 0.2) is 17.5 Å². The quantitative estimate of drug-likeness (QED) is 0.162. The Morgan fingerprint density at radius 3 is 1.88 bits per heavy atom. The Morgan fingerprint density at radius 2 is 1.15 bits per heavy atom. The fraction of sp³-hybridized carbons (Fsp3) is 0.0185. The number of benzene rings is 8. The molecule has 11 aromatic rings. The minimum Gasteiger partial charge on any atom is -0.455 e. The van der Waals surface area contributed by atoms with Crippen LogP contribution in [0.5, 0.6) is 0 Å². The molecule has 5 nitrogen and oxygen atoms in total. The average molecular weight is 757 g/mol. The standard InChI is InChI=1S/C54H36N4O/c1-3-42(54-56-52(36-20-9-6-10-21-36)55-53(57-54)40-28-27-34-17-11-12-22-37(34)29-40)50-46-33-41(32-44(35-18-7-5-8-19-35)51(46)59-49(50)4-2)58-47-26-16-15-25-43(47)45-30-38-23-13-14-24-39(38)31-48(45)58/h3-33H,2H2,1H3/b42-3+. The molecule has 11 rings (SSSR count). The number of rotatable bonds is 7. The number of allylic oxidation sites excluding steroid dienone is 1. The molecule has 3 aromatic heterocycles. The van der Waals surface area contributed by atoms with Gasteiger partial charge in [-0.25, -0.2) is 15.0 Å². The van der Waals surface area contributed by atoms with Crippen molar-refractivity contribution in [2.24, 2.45) is 0 Å². The van der Waals surface area contributed by atoms with Gasteiger partial charge >= 0.3 is 0 Å². The van der Waals surface area contributed by atoms with Gasteiger partial charge < -0.3 is 8.98 Å². The number of hydrogen-bond donors (Lipinski definition) is 0. The van der Waals surface area contributed by atoms with E-state index in [4.69, 9.17) is 19.4 Å². The van der Waals surface area contributed by atoms with Crippen LogP contribution in [-0.4, -0.2) is 19.5 Å². The summed E-state index contributed by atoms with van der Waals surface area (Å²) in [5.74, 6) is 2.37. The zero-order chi connectivity index (χ0) is 39.5. The van der Waals surface area contributed by atoms with Crippen molar-refractivity contribution in [1.29, 1.82) is 0 Å². The van der Waals surface area contributed by atoms with E-state index in [9.17, 15) is 0 Å². The van der Waals surface area contributed by atoms with Crippen LogP contribution in [0.3, 0.4) is 0 Å².